The molecule has 3 aliphatic rings. The van der Waals surface area contributed by atoms with Gasteiger partial charge in [0.2, 0.25) is 5.71 Å². The quantitative estimate of drug-likeness (QED) is 0.891. The van der Waals surface area contributed by atoms with Crippen molar-refractivity contribution in [3.63, 3.8) is 0 Å². The summed E-state index contributed by atoms with van der Waals surface area (Å²) >= 11 is 2.02. The molecule has 2 unspecified atom stereocenters. The van der Waals surface area contributed by atoms with Crippen LogP contribution in [0.5, 0.6) is 6.01 Å². The Hall–Kier alpha value is -2.28. The molecule has 7 heteroatoms. The molecule has 1 aliphatic heterocycles. The molecule has 0 bridgehead atoms. The monoisotopic (exact) mass is 372 g/mol. The van der Waals surface area contributed by atoms with Crippen LogP contribution in [0.1, 0.15) is 32.3 Å². The maximum atomic E-state index is 11.8. The Bertz CT molecular complexity index is 1040. The van der Waals surface area contributed by atoms with Gasteiger partial charge in [0.1, 0.15) is 5.39 Å². The average molecular weight is 372 g/mol. The first kappa shape index (κ1) is 17.1. The first-order valence-corrected chi connectivity index (χ1v) is 9.77. The normalized spacial score (nSPS) is 24.5. The summed E-state index contributed by atoms with van der Waals surface area (Å²) < 4.78 is 9.98. The number of ether oxygens (including phenoxy) is 1. The fourth-order valence-corrected chi connectivity index (χ4v) is 4.76. The van der Waals surface area contributed by atoms with Gasteiger partial charge < -0.3 is 9.15 Å². The molecule has 2 atom stereocenters. The van der Waals surface area contributed by atoms with Crippen molar-refractivity contribution in [2.24, 2.45) is 5.41 Å². The Labute approximate surface area is 154 Å². The van der Waals surface area contributed by atoms with Crippen molar-refractivity contribution in [1.82, 2.24) is 9.97 Å². The summed E-state index contributed by atoms with van der Waals surface area (Å²) in [5.41, 5.74) is 2.03. The van der Waals surface area contributed by atoms with Crippen LogP contribution in [-0.4, -0.2) is 21.8 Å². The molecule has 0 amide bonds. The smallest absolute Gasteiger partial charge is 0.337 e. The molecule has 0 radical (unpaired) electrons. The van der Waals surface area contributed by atoms with E-state index >= 15 is 0 Å². The van der Waals surface area contributed by atoms with Crippen molar-refractivity contribution < 1.29 is 9.15 Å². The highest BCUT2D eigenvalue weighted by atomic mass is 32.2. The Morgan fingerprint density at radius 3 is 2.88 bits per heavy atom. The molecule has 26 heavy (non-hydrogen) atoms. The number of nitrogens with one attached hydrogen (secondary N) is 1. The van der Waals surface area contributed by atoms with Gasteiger partial charge in [-0.15, -0.1) is 11.8 Å². The minimum absolute atomic E-state index is 0.0153. The minimum Gasteiger partial charge on any atom is -0.465 e. The van der Waals surface area contributed by atoms with Gasteiger partial charge in [0.05, 0.1) is 6.61 Å². The molecular formula is C19H20N2O4S. The lowest BCUT2D eigenvalue weighted by atomic mass is 9.76. The molecule has 2 aromatic rings. The summed E-state index contributed by atoms with van der Waals surface area (Å²) in [6, 6.07) is 1.36. The summed E-state index contributed by atoms with van der Waals surface area (Å²) in [5.74, 6) is 0. The number of rotatable bonds is 3. The third-order valence-electron chi connectivity index (χ3n) is 5.09. The predicted molar refractivity (Wildman–Crippen MR) is 102 cm³/mol. The van der Waals surface area contributed by atoms with E-state index in [1.807, 2.05) is 18.7 Å². The van der Waals surface area contributed by atoms with Gasteiger partial charge in [0, 0.05) is 16.7 Å². The van der Waals surface area contributed by atoms with Crippen LogP contribution in [0.15, 0.2) is 43.2 Å². The second-order valence-corrected chi connectivity index (χ2v) is 7.65. The van der Waals surface area contributed by atoms with E-state index in [0.717, 1.165) is 5.25 Å². The third kappa shape index (κ3) is 2.80. The van der Waals surface area contributed by atoms with Gasteiger partial charge in [-0.3, -0.25) is 9.78 Å². The maximum absolute atomic E-state index is 11.8. The van der Waals surface area contributed by atoms with Crippen LogP contribution in [0, 0.1) is 5.41 Å². The van der Waals surface area contributed by atoms with E-state index in [9.17, 15) is 9.59 Å². The molecule has 3 heterocycles. The topological polar surface area (TPSA) is 85.2 Å². The van der Waals surface area contributed by atoms with Crippen LogP contribution < -0.4 is 15.9 Å². The van der Waals surface area contributed by atoms with Crippen LogP contribution in [0.3, 0.4) is 0 Å². The summed E-state index contributed by atoms with van der Waals surface area (Å²) in [4.78, 5) is 29.6. The number of aromatic amines is 1. The number of allylic oxidation sites excluding steroid dienone is 3. The van der Waals surface area contributed by atoms with E-state index in [4.69, 9.17) is 9.15 Å². The van der Waals surface area contributed by atoms with E-state index in [0.29, 0.717) is 29.4 Å². The van der Waals surface area contributed by atoms with Crippen LogP contribution in [0.2, 0.25) is 0 Å². The van der Waals surface area contributed by atoms with Gasteiger partial charge in [-0.25, -0.2) is 4.79 Å². The Kier molecular flexibility index (Phi) is 4.26. The average Bonchev–Trinajstić information content (AvgIpc) is 3.35. The van der Waals surface area contributed by atoms with Crippen molar-refractivity contribution in [2.75, 3.05) is 6.61 Å². The van der Waals surface area contributed by atoms with E-state index in [1.165, 1.54) is 18.9 Å². The van der Waals surface area contributed by atoms with E-state index in [1.54, 1.807) is 12.5 Å². The number of nitrogens with zero attached hydrogens (tertiary/aromatic N) is 1. The highest BCUT2D eigenvalue weighted by Gasteiger charge is 2.56. The van der Waals surface area contributed by atoms with Crippen molar-refractivity contribution in [3.05, 3.63) is 55.5 Å². The Morgan fingerprint density at radius 1 is 1.42 bits per heavy atom. The van der Waals surface area contributed by atoms with Crippen molar-refractivity contribution >= 4 is 22.9 Å². The number of fused-ring (bicyclic) bond motifs is 1. The van der Waals surface area contributed by atoms with Crippen molar-refractivity contribution in [1.29, 1.82) is 0 Å². The molecular weight excluding hydrogens is 352 g/mol. The lowest BCUT2D eigenvalue weighted by Gasteiger charge is -2.39. The summed E-state index contributed by atoms with van der Waals surface area (Å²) in [5, 5.41) is 3.49. The number of thioether (sulfide) groups is 1. The second kappa shape index (κ2) is 6.46. The van der Waals surface area contributed by atoms with Crippen molar-refractivity contribution in [2.45, 2.75) is 38.4 Å². The molecule has 1 saturated carbocycles. The SMILES string of the molecule is C1=CC2=CC23CCC3S1.CCOc1nc2oc(=O)cc(CC)c2c(=O)[nH]1. The lowest BCUT2D eigenvalue weighted by molar-refractivity contribution is 0.311. The number of hydrogen-bond acceptors (Lipinski definition) is 6. The Balaban J connectivity index is 0.000000154. The molecule has 1 spiro atoms. The van der Waals surface area contributed by atoms with Gasteiger partial charge >= 0.3 is 5.63 Å². The molecule has 1 fully saturated rings. The van der Waals surface area contributed by atoms with Crippen molar-refractivity contribution in [3.8, 4) is 6.01 Å². The van der Waals surface area contributed by atoms with Gasteiger partial charge in [-0.05, 0) is 42.7 Å². The van der Waals surface area contributed by atoms with Crippen LogP contribution >= 0.6 is 11.8 Å². The first-order chi connectivity index (χ1) is 12.6. The van der Waals surface area contributed by atoms with E-state index < -0.39 is 5.63 Å². The minimum atomic E-state index is -0.519. The van der Waals surface area contributed by atoms with Gasteiger partial charge in [-0.2, -0.15) is 4.98 Å². The number of aryl methyl sites for hydroxylation is 1. The lowest BCUT2D eigenvalue weighted by Crippen LogP contribution is -2.33. The fraction of sp³-hybridized carbons (Fsp3) is 0.421. The summed E-state index contributed by atoms with van der Waals surface area (Å²) in [6.07, 6.45) is 8.15. The molecule has 5 rings (SSSR count). The zero-order valence-corrected chi connectivity index (χ0v) is 15.5. The third-order valence-corrected chi connectivity index (χ3v) is 6.37. The largest absolute Gasteiger partial charge is 0.465 e. The van der Waals surface area contributed by atoms with E-state index in [2.05, 4.69) is 27.5 Å². The molecule has 1 N–H and O–H groups in total. The molecule has 2 aromatic heterocycles. The van der Waals surface area contributed by atoms with Gasteiger partial charge in [0.25, 0.3) is 11.6 Å². The second-order valence-electron chi connectivity index (χ2n) is 6.53. The summed E-state index contributed by atoms with van der Waals surface area (Å²) in [7, 11) is 0. The number of H-pyrrole nitrogens is 1. The highest BCUT2D eigenvalue weighted by Crippen LogP contribution is 2.66. The van der Waals surface area contributed by atoms with Crippen LogP contribution in [0.25, 0.3) is 11.1 Å². The van der Waals surface area contributed by atoms with E-state index in [-0.39, 0.29) is 17.3 Å². The molecule has 0 aromatic carbocycles. The number of hydrogen-bond donors (Lipinski definition) is 1. The highest BCUT2D eigenvalue weighted by molar-refractivity contribution is 8.02. The first-order valence-electron chi connectivity index (χ1n) is 8.82. The van der Waals surface area contributed by atoms with Gasteiger partial charge in [0.15, 0.2) is 0 Å². The molecule has 2 aliphatic carbocycles. The standard InChI is InChI=1S/C11H12N2O4.C8H8S/c1-3-6-5-7(14)17-10-8(6)9(15)12-11(13-10)16-4-2;1-3-8-5-6(8)2-4-9-7(1)8/h5H,3-4H2,1-2H3,(H,12,13,15);2,4-5,7H,1,3H2. The molecule has 0 saturated heterocycles. The maximum Gasteiger partial charge on any atom is 0.337 e. The number of aromatic nitrogens is 2. The summed E-state index contributed by atoms with van der Waals surface area (Å²) in [6.45, 7) is 3.99. The van der Waals surface area contributed by atoms with Crippen LogP contribution in [0.4, 0.5) is 0 Å². The molecule has 6 nitrogen and oxygen atoms in total. The van der Waals surface area contributed by atoms with Gasteiger partial charge in [-0.1, -0.05) is 19.1 Å². The fourth-order valence-electron chi connectivity index (χ4n) is 3.52. The predicted octanol–water partition coefficient (Wildman–Crippen LogP) is 3.17. The van der Waals surface area contributed by atoms with Crippen LogP contribution in [-0.2, 0) is 6.42 Å². The zero-order chi connectivity index (χ0) is 18.3. The molecule has 136 valence electrons. The zero-order valence-electron chi connectivity index (χ0n) is 14.7. The Morgan fingerprint density at radius 2 is 2.27 bits per heavy atom.